The highest BCUT2D eigenvalue weighted by Gasteiger charge is 2.29. The van der Waals surface area contributed by atoms with Crippen molar-refractivity contribution in [2.45, 2.75) is 18.9 Å². The first kappa shape index (κ1) is 12.9. The molecule has 6 nitrogen and oxygen atoms in total. The minimum atomic E-state index is -0.537. The van der Waals surface area contributed by atoms with Crippen LogP contribution < -0.4 is 4.74 Å². The lowest BCUT2D eigenvalue weighted by Gasteiger charge is -2.31. The smallest absolute Gasteiger partial charge is 0.273 e. The van der Waals surface area contributed by atoms with Crippen LogP contribution in [0.4, 0.5) is 0 Å². The van der Waals surface area contributed by atoms with E-state index < -0.39 is 6.04 Å². The van der Waals surface area contributed by atoms with Crippen molar-refractivity contribution in [3.63, 3.8) is 0 Å². The zero-order valence-corrected chi connectivity index (χ0v) is 11.0. The number of rotatable bonds is 1. The minimum Gasteiger partial charge on any atom is -0.492 e. The van der Waals surface area contributed by atoms with Gasteiger partial charge < -0.3 is 14.4 Å². The van der Waals surface area contributed by atoms with Crippen LogP contribution in [0.1, 0.15) is 22.5 Å². The van der Waals surface area contributed by atoms with Gasteiger partial charge in [0.2, 0.25) is 0 Å². The maximum atomic E-state index is 12.5. The van der Waals surface area contributed by atoms with Gasteiger partial charge in [0.05, 0.1) is 32.1 Å². The molecule has 20 heavy (non-hydrogen) atoms. The summed E-state index contributed by atoms with van der Waals surface area (Å²) in [5.41, 5.74) is 1.38. The molecule has 1 unspecified atom stereocenters. The first-order chi connectivity index (χ1) is 9.79. The normalized spacial score (nSPS) is 21.6. The van der Waals surface area contributed by atoms with Gasteiger partial charge in [-0.1, -0.05) is 0 Å². The van der Waals surface area contributed by atoms with Gasteiger partial charge in [-0.25, -0.2) is 4.98 Å². The summed E-state index contributed by atoms with van der Waals surface area (Å²) in [5.74, 6) is 0.542. The van der Waals surface area contributed by atoms with E-state index in [1.54, 1.807) is 12.3 Å². The highest BCUT2D eigenvalue weighted by molar-refractivity contribution is 5.93. The van der Waals surface area contributed by atoms with Crippen LogP contribution in [0.2, 0.25) is 0 Å². The highest BCUT2D eigenvalue weighted by atomic mass is 16.5. The maximum Gasteiger partial charge on any atom is 0.273 e. The predicted octanol–water partition coefficient (Wildman–Crippen LogP) is 0.771. The largest absolute Gasteiger partial charge is 0.492 e. The first-order valence-corrected chi connectivity index (χ1v) is 6.69. The van der Waals surface area contributed by atoms with Crippen LogP contribution in [0, 0.1) is 11.3 Å². The van der Waals surface area contributed by atoms with Crippen molar-refractivity contribution in [2.24, 2.45) is 0 Å². The van der Waals surface area contributed by atoms with Crippen LogP contribution in [0.25, 0.3) is 0 Å². The number of carbonyl (C=O) groups is 1. The van der Waals surface area contributed by atoms with Crippen molar-refractivity contribution in [3.05, 3.63) is 23.5 Å². The van der Waals surface area contributed by atoms with E-state index in [4.69, 9.17) is 14.7 Å². The Bertz CT molecular complexity index is 567. The summed E-state index contributed by atoms with van der Waals surface area (Å²) in [6.07, 6.45) is 3.44. The van der Waals surface area contributed by atoms with Gasteiger partial charge in [-0.15, -0.1) is 0 Å². The van der Waals surface area contributed by atoms with Gasteiger partial charge in [0.15, 0.2) is 0 Å². The van der Waals surface area contributed by atoms with E-state index in [9.17, 15) is 4.79 Å². The molecule has 2 aliphatic rings. The van der Waals surface area contributed by atoms with Crippen molar-refractivity contribution in [1.82, 2.24) is 9.88 Å². The van der Waals surface area contributed by atoms with Crippen molar-refractivity contribution >= 4 is 5.91 Å². The average Bonchev–Trinajstić information content (AvgIpc) is 2.53. The van der Waals surface area contributed by atoms with E-state index in [0.29, 0.717) is 25.5 Å². The number of aromatic nitrogens is 1. The van der Waals surface area contributed by atoms with Gasteiger partial charge in [0.1, 0.15) is 17.5 Å². The number of pyridine rings is 1. The summed E-state index contributed by atoms with van der Waals surface area (Å²) in [6.45, 7) is 1.84. The highest BCUT2D eigenvalue weighted by Crippen LogP contribution is 2.24. The summed E-state index contributed by atoms with van der Waals surface area (Å²) in [5, 5.41) is 9.09. The van der Waals surface area contributed by atoms with Gasteiger partial charge in [0.25, 0.3) is 5.91 Å². The van der Waals surface area contributed by atoms with E-state index in [1.807, 2.05) is 0 Å². The molecule has 1 saturated heterocycles. The molecule has 1 fully saturated rings. The van der Waals surface area contributed by atoms with Gasteiger partial charge in [-0.2, -0.15) is 5.26 Å². The Kier molecular flexibility index (Phi) is 3.52. The molecular weight excluding hydrogens is 258 g/mol. The molecule has 0 saturated carbocycles. The fraction of sp³-hybridized carbons (Fsp3) is 0.500. The molecule has 1 aromatic heterocycles. The SMILES string of the molecule is N#CC1COCCN1C(=O)c1cc2c(cn1)OCCC2. The van der Waals surface area contributed by atoms with Crippen LogP contribution in [0.15, 0.2) is 12.3 Å². The monoisotopic (exact) mass is 273 g/mol. The lowest BCUT2D eigenvalue weighted by molar-refractivity contribution is 0.0129. The Labute approximate surface area is 116 Å². The standard InChI is InChI=1S/C14H15N3O3/c15-7-11-9-19-5-3-17(11)14(18)12-6-10-2-1-4-20-13(10)8-16-12/h6,8,11H,1-5,9H2. The number of hydrogen-bond acceptors (Lipinski definition) is 5. The molecule has 1 amide bonds. The molecule has 1 aromatic rings. The van der Waals surface area contributed by atoms with Crippen molar-refractivity contribution in [3.8, 4) is 11.8 Å². The number of ether oxygens (including phenoxy) is 2. The van der Waals surface area contributed by atoms with Crippen molar-refractivity contribution in [2.75, 3.05) is 26.4 Å². The van der Waals surface area contributed by atoms with Gasteiger partial charge in [0, 0.05) is 6.54 Å². The number of nitriles is 1. The third kappa shape index (κ3) is 2.32. The molecule has 0 spiro atoms. The van der Waals surface area contributed by atoms with Gasteiger partial charge in [-0.05, 0) is 24.5 Å². The Morgan fingerprint density at radius 1 is 1.50 bits per heavy atom. The molecule has 0 aromatic carbocycles. The summed E-state index contributed by atoms with van der Waals surface area (Å²) < 4.78 is 10.7. The van der Waals surface area contributed by atoms with Crippen LogP contribution in [-0.2, 0) is 11.2 Å². The summed E-state index contributed by atoms with van der Waals surface area (Å²) in [4.78, 5) is 18.2. The van der Waals surface area contributed by atoms with E-state index in [-0.39, 0.29) is 12.5 Å². The van der Waals surface area contributed by atoms with E-state index in [2.05, 4.69) is 11.1 Å². The number of carbonyl (C=O) groups excluding carboxylic acids is 1. The molecule has 0 N–H and O–H groups in total. The van der Waals surface area contributed by atoms with Crippen molar-refractivity contribution in [1.29, 1.82) is 5.26 Å². The second kappa shape index (κ2) is 5.47. The lowest BCUT2D eigenvalue weighted by Crippen LogP contribution is -2.48. The van der Waals surface area contributed by atoms with Crippen LogP contribution >= 0.6 is 0 Å². The Morgan fingerprint density at radius 3 is 3.25 bits per heavy atom. The molecule has 0 bridgehead atoms. The number of fused-ring (bicyclic) bond motifs is 1. The molecule has 1 atom stereocenters. The molecule has 3 heterocycles. The third-order valence-electron chi connectivity index (χ3n) is 3.55. The second-order valence-electron chi connectivity index (χ2n) is 4.85. The summed E-state index contributed by atoms with van der Waals surface area (Å²) >= 11 is 0. The minimum absolute atomic E-state index is 0.215. The predicted molar refractivity (Wildman–Crippen MR) is 69.3 cm³/mol. The molecular formula is C14H15N3O3. The number of aryl methyl sites for hydroxylation is 1. The molecule has 104 valence electrons. The molecule has 0 aliphatic carbocycles. The quantitative estimate of drug-likeness (QED) is 0.755. The fourth-order valence-corrected chi connectivity index (χ4v) is 2.47. The van der Waals surface area contributed by atoms with E-state index >= 15 is 0 Å². The first-order valence-electron chi connectivity index (χ1n) is 6.69. The zero-order valence-electron chi connectivity index (χ0n) is 11.0. The fourth-order valence-electron chi connectivity index (χ4n) is 2.47. The summed E-state index contributed by atoms with van der Waals surface area (Å²) in [7, 11) is 0. The third-order valence-corrected chi connectivity index (χ3v) is 3.55. The van der Waals surface area contributed by atoms with Gasteiger partial charge >= 0.3 is 0 Å². The van der Waals surface area contributed by atoms with Gasteiger partial charge in [-0.3, -0.25) is 4.79 Å². The number of morpholine rings is 1. The Balaban J connectivity index is 1.85. The lowest BCUT2D eigenvalue weighted by atomic mass is 10.1. The molecule has 6 heteroatoms. The summed E-state index contributed by atoms with van der Waals surface area (Å²) in [6, 6.07) is 3.34. The molecule has 3 rings (SSSR count). The van der Waals surface area contributed by atoms with Crippen LogP contribution in [0.3, 0.4) is 0 Å². The van der Waals surface area contributed by atoms with Crippen molar-refractivity contribution < 1.29 is 14.3 Å². The van der Waals surface area contributed by atoms with E-state index in [1.165, 1.54) is 4.90 Å². The topological polar surface area (TPSA) is 75.5 Å². The zero-order chi connectivity index (χ0) is 13.9. The van der Waals surface area contributed by atoms with Crippen LogP contribution in [0.5, 0.6) is 5.75 Å². The number of amides is 1. The maximum absolute atomic E-state index is 12.5. The number of hydrogen-bond donors (Lipinski definition) is 0. The molecule has 0 radical (unpaired) electrons. The molecule has 2 aliphatic heterocycles. The van der Waals surface area contributed by atoms with E-state index in [0.717, 1.165) is 24.2 Å². The second-order valence-corrected chi connectivity index (χ2v) is 4.85. The Morgan fingerprint density at radius 2 is 2.40 bits per heavy atom. The Hall–Kier alpha value is -2.13. The van der Waals surface area contributed by atoms with Crippen LogP contribution in [-0.4, -0.2) is 48.2 Å². The average molecular weight is 273 g/mol. The number of nitrogens with zero attached hydrogens (tertiary/aromatic N) is 3.